The Labute approximate surface area is 161 Å². The van der Waals surface area contributed by atoms with E-state index in [1.807, 2.05) is 6.07 Å². The Morgan fingerprint density at radius 3 is 2.74 bits per heavy atom. The lowest BCUT2D eigenvalue weighted by Crippen LogP contribution is -2.58. The minimum absolute atomic E-state index is 0.158. The molecule has 0 spiro atoms. The summed E-state index contributed by atoms with van der Waals surface area (Å²) in [6, 6.07) is 4.30. The van der Waals surface area contributed by atoms with Crippen LogP contribution in [0.4, 0.5) is 4.39 Å². The number of nitrogens with one attached hydrogen (secondary N) is 2. The van der Waals surface area contributed by atoms with Gasteiger partial charge < -0.3 is 20.6 Å². The maximum Gasteiger partial charge on any atom is 0.237 e. The molecule has 5 nitrogen and oxygen atoms in total. The summed E-state index contributed by atoms with van der Waals surface area (Å²) < 4.78 is 14.8. The van der Waals surface area contributed by atoms with Crippen LogP contribution in [0.2, 0.25) is 0 Å². The molecule has 1 aromatic rings. The molecule has 0 saturated carbocycles. The highest BCUT2D eigenvalue weighted by atomic mass is 19.1. The van der Waals surface area contributed by atoms with Crippen LogP contribution in [0.3, 0.4) is 0 Å². The van der Waals surface area contributed by atoms with E-state index in [4.69, 9.17) is 0 Å². The van der Waals surface area contributed by atoms with Crippen LogP contribution >= 0.6 is 0 Å². The number of aromatic hydroxyl groups is 1. The summed E-state index contributed by atoms with van der Waals surface area (Å²) in [6.45, 7) is 8.31. The summed E-state index contributed by atoms with van der Waals surface area (Å²) in [5.74, 6) is 0.794. The Balaban J connectivity index is 1.62. The van der Waals surface area contributed by atoms with Gasteiger partial charge in [-0.2, -0.15) is 0 Å². The van der Waals surface area contributed by atoms with E-state index >= 15 is 0 Å². The highest BCUT2D eigenvalue weighted by molar-refractivity contribution is 5.83. The number of likely N-dealkylation sites (tertiary alicyclic amines) is 1. The number of halogens is 1. The second kappa shape index (κ2) is 8.15. The predicted octanol–water partition coefficient (Wildman–Crippen LogP) is 2.37. The molecule has 1 amide bonds. The molecule has 1 aromatic carbocycles. The van der Waals surface area contributed by atoms with Crippen molar-refractivity contribution in [2.24, 2.45) is 5.92 Å². The van der Waals surface area contributed by atoms with Crippen LogP contribution in [0.15, 0.2) is 18.2 Å². The van der Waals surface area contributed by atoms with Crippen molar-refractivity contribution >= 4 is 5.91 Å². The number of hydrogen-bond acceptors (Lipinski definition) is 4. The topological polar surface area (TPSA) is 64.6 Å². The Bertz CT molecular complexity index is 666. The first-order valence-corrected chi connectivity index (χ1v) is 9.98. The monoisotopic (exact) mass is 377 g/mol. The maximum atomic E-state index is 14.8. The fourth-order valence-corrected chi connectivity index (χ4v) is 3.90. The number of phenols is 1. The summed E-state index contributed by atoms with van der Waals surface area (Å²) >= 11 is 0. The van der Waals surface area contributed by atoms with Gasteiger partial charge in [0.2, 0.25) is 5.91 Å². The van der Waals surface area contributed by atoms with Gasteiger partial charge in [0.15, 0.2) is 0 Å². The summed E-state index contributed by atoms with van der Waals surface area (Å²) in [5.41, 5.74) is 0.563. The van der Waals surface area contributed by atoms with Gasteiger partial charge in [0.05, 0.1) is 12.1 Å². The summed E-state index contributed by atoms with van der Waals surface area (Å²) in [4.78, 5) is 15.1. The molecule has 0 aliphatic carbocycles. The van der Waals surface area contributed by atoms with Gasteiger partial charge in [-0.25, -0.2) is 4.39 Å². The lowest BCUT2D eigenvalue weighted by molar-refractivity contribution is -0.125. The van der Waals surface area contributed by atoms with Gasteiger partial charge in [0, 0.05) is 13.1 Å². The van der Waals surface area contributed by atoms with Gasteiger partial charge in [-0.3, -0.25) is 4.79 Å². The van der Waals surface area contributed by atoms with Crippen molar-refractivity contribution in [2.45, 2.75) is 64.3 Å². The SMILES string of the molecule is CC1CCN(C[C@@H](NC(=O)[C@H]2Cc3ccc(O)cc3CN2)C(C)(C)F)CC1. The Hall–Kier alpha value is -1.66. The minimum atomic E-state index is -1.49. The predicted molar refractivity (Wildman–Crippen MR) is 104 cm³/mol. The maximum absolute atomic E-state index is 14.8. The molecule has 0 aromatic heterocycles. The van der Waals surface area contributed by atoms with Crippen LogP contribution in [-0.2, 0) is 17.8 Å². The molecule has 3 N–H and O–H groups in total. The van der Waals surface area contributed by atoms with E-state index < -0.39 is 11.7 Å². The molecule has 2 atom stereocenters. The molecule has 150 valence electrons. The van der Waals surface area contributed by atoms with E-state index in [9.17, 15) is 14.3 Å². The van der Waals surface area contributed by atoms with Crippen LogP contribution in [0.1, 0.15) is 44.7 Å². The summed E-state index contributed by atoms with van der Waals surface area (Å²) in [5, 5.41) is 15.8. The molecular formula is C21H32FN3O2. The zero-order valence-corrected chi connectivity index (χ0v) is 16.6. The number of fused-ring (bicyclic) bond motifs is 1. The van der Waals surface area contributed by atoms with Gasteiger partial charge in [-0.1, -0.05) is 13.0 Å². The molecule has 1 fully saturated rings. The van der Waals surface area contributed by atoms with Crippen molar-refractivity contribution in [3.63, 3.8) is 0 Å². The number of rotatable bonds is 5. The second-order valence-corrected chi connectivity index (χ2v) is 8.70. The quantitative estimate of drug-likeness (QED) is 0.737. The van der Waals surface area contributed by atoms with Crippen LogP contribution < -0.4 is 10.6 Å². The van der Waals surface area contributed by atoms with E-state index in [2.05, 4.69) is 22.5 Å². The summed E-state index contributed by atoms with van der Waals surface area (Å²) in [6.07, 6.45) is 2.80. The third-order valence-corrected chi connectivity index (χ3v) is 5.93. The highest BCUT2D eigenvalue weighted by Crippen LogP contribution is 2.23. The number of carbonyl (C=O) groups is 1. The molecule has 2 aliphatic rings. The third-order valence-electron chi connectivity index (χ3n) is 5.93. The Kier molecular flexibility index (Phi) is 6.06. The smallest absolute Gasteiger partial charge is 0.237 e. The minimum Gasteiger partial charge on any atom is -0.508 e. The summed E-state index contributed by atoms with van der Waals surface area (Å²) in [7, 11) is 0. The van der Waals surface area contributed by atoms with Crippen molar-refractivity contribution in [3.8, 4) is 5.75 Å². The molecule has 6 heteroatoms. The third kappa shape index (κ3) is 5.20. The van der Waals surface area contributed by atoms with Gasteiger partial charge in [0.1, 0.15) is 11.4 Å². The number of hydrogen-bond donors (Lipinski definition) is 3. The van der Waals surface area contributed by atoms with E-state index in [0.717, 1.165) is 43.0 Å². The fraction of sp³-hybridized carbons (Fsp3) is 0.667. The van der Waals surface area contributed by atoms with Gasteiger partial charge >= 0.3 is 0 Å². The highest BCUT2D eigenvalue weighted by Gasteiger charge is 2.35. The zero-order valence-electron chi connectivity index (χ0n) is 16.6. The zero-order chi connectivity index (χ0) is 19.6. The van der Waals surface area contributed by atoms with Crippen molar-refractivity contribution in [1.82, 2.24) is 15.5 Å². The number of amides is 1. The Morgan fingerprint density at radius 2 is 2.07 bits per heavy atom. The number of phenolic OH excluding ortho intramolecular Hbond substituents is 1. The number of carbonyl (C=O) groups excluding carboxylic acids is 1. The lowest BCUT2D eigenvalue weighted by Gasteiger charge is -2.37. The molecule has 1 saturated heterocycles. The first-order valence-electron chi connectivity index (χ1n) is 9.98. The first-order chi connectivity index (χ1) is 12.7. The van der Waals surface area contributed by atoms with Crippen LogP contribution in [-0.4, -0.2) is 53.3 Å². The average molecular weight is 378 g/mol. The van der Waals surface area contributed by atoms with E-state index in [1.165, 1.54) is 13.8 Å². The average Bonchev–Trinajstić information content (AvgIpc) is 2.61. The number of alkyl halides is 1. The van der Waals surface area contributed by atoms with Crippen molar-refractivity contribution < 1.29 is 14.3 Å². The molecule has 27 heavy (non-hydrogen) atoms. The molecular weight excluding hydrogens is 345 g/mol. The molecule has 2 heterocycles. The molecule has 0 bridgehead atoms. The Morgan fingerprint density at radius 1 is 1.37 bits per heavy atom. The van der Waals surface area contributed by atoms with E-state index in [0.29, 0.717) is 19.5 Å². The standard InChI is InChI=1S/C21H32FN3O2/c1-14-6-8-25(9-7-14)13-19(21(2,3)22)24-20(27)18-11-15-4-5-17(26)10-16(15)12-23-18/h4-5,10,14,18-19,23,26H,6-9,11-13H2,1-3H3,(H,24,27)/t18-,19-/m1/s1. The lowest BCUT2D eigenvalue weighted by atomic mass is 9.93. The van der Waals surface area contributed by atoms with Crippen LogP contribution in [0.25, 0.3) is 0 Å². The van der Waals surface area contributed by atoms with Crippen molar-refractivity contribution in [3.05, 3.63) is 29.3 Å². The number of nitrogens with zero attached hydrogens (tertiary/aromatic N) is 1. The van der Waals surface area contributed by atoms with E-state index in [1.54, 1.807) is 12.1 Å². The molecule has 2 aliphatic heterocycles. The van der Waals surface area contributed by atoms with Crippen LogP contribution in [0, 0.1) is 5.92 Å². The number of benzene rings is 1. The largest absolute Gasteiger partial charge is 0.508 e. The van der Waals surface area contributed by atoms with Gasteiger partial charge in [-0.05, 0) is 75.4 Å². The molecule has 3 rings (SSSR count). The molecule has 0 radical (unpaired) electrons. The second-order valence-electron chi connectivity index (χ2n) is 8.70. The fourth-order valence-electron chi connectivity index (χ4n) is 3.90. The van der Waals surface area contributed by atoms with Crippen molar-refractivity contribution in [2.75, 3.05) is 19.6 Å². The first kappa shape index (κ1) is 20.1. The van der Waals surface area contributed by atoms with Gasteiger partial charge in [-0.15, -0.1) is 0 Å². The van der Waals surface area contributed by atoms with Crippen LogP contribution in [0.5, 0.6) is 5.75 Å². The van der Waals surface area contributed by atoms with Gasteiger partial charge in [0.25, 0.3) is 0 Å². The number of piperidine rings is 1. The van der Waals surface area contributed by atoms with Crippen molar-refractivity contribution in [1.29, 1.82) is 0 Å². The normalized spacial score (nSPS) is 22.9. The van der Waals surface area contributed by atoms with E-state index in [-0.39, 0.29) is 17.7 Å². The molecule has 0 unspecified atom stereocenters.